The smallest absolute Gasteiger partial charge is 0.151 e. The first-order valence-corrected chi connectivity index (χ1v) is 8.31. The number of hydrogen-bond donors (Lipinski definition) is 0. The third kappa shape index (κ3) is 4.67. The fourth-order valence-electron chi connectivity index (χ4n) is 1.05. The number of halogens is 1. The van der Waals surface area contributed by atoms with E-state index in [-0.39, 0.29) is 5.75 Å². The van der Waals surface area contributed by atoms with Gasteiger partial charge in [-0.3, -0.25) is 4.79 Å². The Morgan fingerprint density at radius 2 is 2.12 bits per heavy atom. The second-order valence-electron chi connectivity index (χ2n) is 3.28. The zero-order chi connectivity index (χ0) is 12.2. The van der Waals surface area contributed by atoms with Gasteiger partial charge in [0.25, 0.3) is 0 Å². The van der Waals surface area contributed by atoms with Crippen LogP contribution in [0.1, 0.15) is 10.4 Å². The third-order valence-electron chi connectivity index (χ3n) is 1.81. The van der Waals surface area contributed by atoms with Gasteiger partial charge in [-0.1, -0.05) is 15.9 Å². The predicted octanol–water partition coefficient (Wildman–Crippen LogP) is 2.40. The molecule has 0 aliphatic rings. The van der Waals surface area contributed by atoms with E-state index < -0.39 is 9.84 Å². The first-order valence-electron chi connectivity index (χ1n) is 4.47. The van der Waals surface area contributed by atoms with Gasteiger partial charge in [0.1, 0.15) is 9.84 Å². The molecule has 0 saturated carbocycles. The van der Waals surface area contributed by atoms with E-state index in [2.05, 4.69) is 15.9 Å². The highest BCUT2D eigenvalue weighted by Gasteiger charge is 2.06. The topological polar surface area (TPSA) is 51.2 Å². The molecule has 0 saturated heterocycles. The lowest BCUT2D eigenvalue weighted by atomic mass is 10.2. The highest BCUT2D eigenvalue weighted by Crippen LogP contribution is 2.24. The van der Waals surface area contributed by atoms with Crippen LogP contribution < -0.4 is 0 Å². The SMILES string of the molecule is CS(=O)(=O)CCSc1ccc(Br)cc1C=O. The Morgan fingerprint density at radius 3 is 2.69 bits per heavy atom. The molecule has 0 N–H and O–H groups in total. The van der Waals surface area contributed by atoms with Gasteiger partial charge in [-0.15, -0.1) is 11.8 Å². The van der Waals surface area contributed by atoms with E-state index in [1.807, 2.05) is 6.07 Å². The minimum absolute atomic E-state index is 0.117. The van der Waals surface area contributed by atoms with Crippen LogP contribution in [0.2, 0.25) is 0 Å². The molecule has 0 fully saturated rings. The molecule has 6 heteroatoms. The second-order valence-corrected chi connectivity index (χ2v) is 7.59. The number of aldehydes is 1. The minimum Gasteiger partial charge on any atom is -0.298 e. The van der Waals surface area contributed by atoms with E-state index in [1.54, 1.807) is 12.1 Å². The molecule has 0 aliphatic carbocycles. The molecule has 16 heavy (non-hydrogen) atoms. The van der Waals surface area contributed by atoms with Gasteiger partial charge in [0.15, 0.2) is 6.29 Å². The summed E-state index contributed by atoms with van der Waals surface area (Å²) in [6.07, 6.45) is 1.98. The molecule has 0 atom stereocenters. The average Bonchev–Trinajstić information content (AvgIpc) is 2.18. The summed E-state index contributed by atoms with van der Waals surface area (Å²) >= 11 is 4.65. The zero-order valence-corrected chi connectivity index (χ0v) is 11.9. The standard InChI is InChI=1S/C10H11BrO3S2/c1-16(13,14)5-4-15-10-3-2-9(11)6-8(10)7-12/h2-3,6-7H,4-5H2,1H3. The number of carbonyl (C=O) groups is 1. The summed E-state index contributed by atoms with van der Waals surface area (Å²) in [7, 11) is -2.94. The molecule has 0 aliphatic heterocycles. The van der Waals surface area contributed by atoms with Crippen molar-refractivity contribution in [1.82, 2.24) is 0 Å². The van der Waals surface area contributed by atoms with Crippen LogP contribution in [-0.4, -0.2) is 32.5 Å². The summed E-state index contributed by atoms with van der Waals surface area (Å²) in [4.78, 5) is 11.6. The highest BCUT2D eigenvalue weighted by molar-refractivity contribution is 9.10. The van der Waals surface area contributed by atoms with Crippen molar-refractivity contribution in [3.8, 4) is 0 Å². The van der Waals surface area contributed by atoms with Crippen LogP contribution in [0, 0.1) is 0 Å². The Kier molecular flexibility index (Phi) is 5.01. The van der Waals surface area contributed by atoms with E-state index in [1.165, 1.54) is 18.0 Å². The van der Waals surface area contributed by atoms with Gasteiger partial charge in [-0.2, -0.15) is 0 Å². The summed E-state index contributed by atoms with van der Waals surface area (Å²) in [5.74, 6) is 0.577. The fraction of sp³-hybridized carbons (Fsp3) is 0.300. The van der Waals surface area contributed by atoms with Crippen molar-refractivity contribution in [3.63, 3.8) is 0 Å². The van der Waals surface area contributed by atoms with Crippen LogP contribution in [-0.2, 0) is 9.84 Å². The van der Waals surface area contributed by atoms with Crippen molar-refractivity contribution in [1.29, 1.82) is 0 Å². The number of benzene rings is 1. The van der Waals surface area contributed by atoms with Gasteiger partial charge in [-0.25, -0.2) is 8.42 Å². The van der Waals surface area contributed by atoms with Gasteiger partial charge in [-0.05, 0) is 18.2 Å². The quantitative estimate of drug-likeness (QED) is 0.617. The van der Waals surface area contributed by atoms with Gasteiger partial charge >= 0.3 is 0 Å². The molecule has 0 spiro atoms. The van der Waals surface area contributed by atoms with Gasteiger partial charge in [0, 0.05) is 26.9 Å². The molecule has 0 bridgehead atoms. The molecule has 0 unspecified atom stereocenters. The van der Waals surface area contributed by atoms with Crippen LogP contribution in [0.4, 0.5) is 0 Å². The maximum absolute atomic E-state index is 10.9. The van der Waals surface area contributed by atoms with Gasteiger partial charge < -0.3 is 0 Å². The maximum atomic E-state index is 10.9. The second kappa shape index (κ2) is 5.84. The summed E-state index contributed by atoms with van der Waals surface area (Å²) in [5, 5.41) is 0. The van der Waals surface area contributed by atoms with E-state index in [9.17, 15) is 13.2 Å². The molecule has 3 nitrogen and oxygen atoms in total. The Morgan fingerprint density at radius 1 is 1.44 bits per heavy atom. The summed E-state index contributed by atoms with van der Waals surface area (Å²) in [5.41, 5.74) is 0.577. The van der Waals surface area contributed by atoms with E-state index in [0.29, 0.717) is 11.3 Å². The molecular formula is C10H11BrO3S2. The van der Waals surface area contributed by atoms with E-state index in [0.717, 1.165) is 15.7 Å². The third-order valence-corrected chi connectivity index (χ3v) is 4.60. The molecule has 0 heterocycles. The van der Waals surface area contributed by atoms with Crippen molar-refractivity contribution in [2.75, 3.05) is 17.8 Å². The summed E-state index contributed by atoms with van der Waals surface area (Å²) in [6, 6.07) is 5.35. The molecule has 1 aromatic carbocycles. The highest BCUT2D eigenvalue weighted by atomic mass is 79.9. The lowest BCUT2D eigenvalue weighted by molar-refractivity contribution is 0.112. The van der Waals surface area contributed by atoms with Crippen molar-refractivity contribution in [2.45, 2.75) is 4.90 Å². The number of rotatable bonds is 5. The van der Waals surface area contributed by atoms with E-state index in [4.69, 9.17) is 0 Å². The van der Waals surface area contributed by atoms with Crippen LogP contribution >= 0.6 is 27.7 Å². The maximum Gasteiger partial charge on any atom is 0.151 e. The number of sulfone groups is 1. The number of carbonyl (C=O) groups excluding carboxylic acids is 1. The lowest BCUT2D eigenvalue weighted by Crippen LogP contribution is -2.05. The minimum atomic E-state index is -2.94. The van der Waals surface area contributed by atoms with Crippen LogP contribution in [0.5, 0.6) is 0 Å². The van der Waals surface area contributed by atoms with E-state index >= 15 is 0 Å². The number of thioether (sulfide) groups is 1. The van der Waals surface area contributed by atoms with Gasteiger partial charge in [0.05, 0.1) is 5.75 Å². The molecule has 0 amide bonds. The van der Waals surface area contributed by atoms with Crippen molar-refractivity contribution >= 4 is 43.8 Å². The summed E-state index contributed by atoms with van der Waals surface area (Å²) < 4.78 is 22.7. The average molecular weight is 323 g/mol. The Hall–Kier alpha value is -0.330. The molecule has 0 radical (unpaired) electrons. The van der Waals surface area contributed by atoms with Crippen molar-refractivity contribution in [3.05, 3.63) is 28.2 Å². The first-order chi connectivity index (χ1) is 7.42. The normalized spacial score (nSPS) is 11.4. The number of hydrogen-bond acceptors (Lipinski definition) is 4. The fourth-order valence-corrected chi connectivity index (χ4v) is 3.63. The van der Waals surface area contributed by atoms with Crippen LogP contribution in [0.15, 0.2) is 27.6 Å². The largest absolute Gasteiger partial charge is 0.298 e. The molecule has 1 rings (SSSR count). The predicted molar refractivity (Wildman–Crippen MR) is 70.0 cm³/mol. The Labute approximate surface area is 108 Å². The molecule has 88 valence electrons. The van der Waals surface area contributed by atoms with Gasteiger partial charge in [0.2, 0.25) is 0 Å². The van der Waals surface area contributed by atoms with Crippen LogP contribution in [0.25, 0.3) is 0 Å². The Bertz CT molecular complexity index is 483. The monoisotopic (exact) mass is 322 g/mol. The van der Waals surface area contributed by atoms with Crippen molar-refractivity contribution < 1.29 is 13.2 Å². The molecular weight excluding hydrogens is 312 g/mol. The lowest BCUT2D eigenvalue weighted by Gasteiger charge is -2.04. The molecule has 0 aromatic heterocycles. The molecule has 1 aromatic rings. The Balaban J connectivity index is 2.70. The van der Waals surface area contributed by atoms with Crippen LogP contribution in [0.3, 0.4) is 0 Å². The first kappa shape index (κ1) is 13.7. The summed E-state index contributed by atoms with van der Waals surface area (Å²) in [6.45, 7) is 0. The van der Waals surface area contributed by atoms with Crippen molar-refractivity contribution in [2.24, 2.45) is 0 Å². The zero-order valence-electron chi connectivity index (χ0n) is 8.64.